The minimum atomic E-state index is -0.108. The molecular formula is C17H23N3O2S. The van der Waals surface area contributed by atoms with E-state index in [-0.39, 0.29) is 6.03 Å². The topological polar surface area (TPSA) is 54.5 Å². The molecule has 2 rings (SSSR count). The maximum absolute atomic E-state index is 12.1. The highest BCUT2D eigenvalue weighted by atomic mass is 32.1. The molecular weight excluding hydrogens is 310 g/mol. The highest BCUT2D eigenvalue weighted by molar-refractivity contribution is 7.09. The van der Waals surface area contributed by atoms with Gasteiger partial charge in [-0.3, -0.25) is 0 Å². The second kappa shape index (κ2) is 7.97. The lowest BCUT2D eigenvalue weighted by molar-refractivity contribution is 0.203. The van der Waals surface area contributed by atoms with Crippen LogP contribution in [0.25, 0.3) is 0 Å². The average Bonchev–Trinajstić information content (AvgIpc) is 2.91. The molecule has 23 heavy (non-hydrogen) atoms. The Morgan fingerprint density at radius 1 is 1.30 bits per heavy atom. The smallest absolute Gasteiger partial charge is 0.317 e. The van der Waals surface area contributed by atoms with Gasteiger partial charge in [-0.15, -0.1) is 11.3 Å². The Hall–Kier alpha value is -2.08. The van der Waals surface area contributed by atoms with E-state index in [2.05, 4.69) is 10.3 Å². The molecule has 0 aliphatic heterocycles. The molecule has 0 radical (unpaired) electrons. The maximum atomic E-state index is 12.1. The first-order valence-electron chi connectivity index (χ1n) is 7.56. The summed E-state index contributed by atoms with van der Waals surface area (Å²) in [5.74, 6) is 0.899. The van der Waals surface area contributed by atoms with E-state index in [1.54, 1.807) is 28.8 Å². The molecule has 0 fully saturated rings. The van der Waals surface area contributed by atoms with Crippen molar-refractivity contribution in [2.75, 3.05) is 20.2 Å². The van der Waals surface area contributed by atoms with Crippen LogP contribution in [-0.4, -0.2) is 36.1 Å². The van der Waals surface area contributed by atoms with Crippen molar-refractivity contribution in [3.63, 3.8) is 0 Å². The second-order valence-electron chi connectivity index (χ2n) is 5.52. The van der Waals surface area contributed by atoms with Crippen LogP contribution in [0.1, 0.15) is 21.7 Å². The predicted molar refractivity (Wildman–Crippen MR) is 93.1 cm³/mol. The fourth-order valence-corrected chi connectivity index (χ4v) is 3.07. The van der Waals surface area contributed by atoms with E-state index in [4.69, 9.17) is 4.74 Å². The summed E-state index contributed by atoms with van der Waals surface area (Å²) < 4.78 is 5.78. The molecule has 124 valence electrons. The van der Waals surface area contributed by atoms with Crippen molar-refractivity contribution < 1.29 is 9.53 Å². The summed E-state index contributed by atoms with van der Waals surface area (Å²) in [5.41, 5.74) is 4.99. The first kappa shape index (κ1) is 17.3. The summed E-state index contributed by atoms with van der Waals surface area (Å²) in [6, 6.07) is 5.94. The van der Waals surface area contributed by atoms with Crippen molar-refractivity contribution >= 4 is 17.4 Å². The number of aromatic nitrogens is 1. The van der Waals surface area contributed by atoms with Crippen molar-refractivity contribution in [3.05, 3.63) is 45.4 Å². The van der Waals surface area contributed by atoms with E-state index in [0.29, 0.717) is 19.7 Å². The predicted octanol–water partition coefficient (Wildman–Crippen LogP) is 3.29. The van der Waals surface area contributed by atoms with Gasteiger partial charge in [0, 0.05) is 11.9 Å². The number of amides is 2. The third-order valence-electron chi connectivity index (χ3n) is 3.61. The van der Waals surface area contributed by atoms with Gasteiger partial charge < -0.3 is 15.0 Å². The fraction of sp³-hybridized carbons (Fsp3) is 0.412. The highest BCUT2D eigenvalue weighted by Crippen LogP contribution is 2.21. The number of ether oxygens (including phenoxy) is 1. The number of para-hydroxylation sites is 1. The molecule has 6 heteroatoms. The Morgan fingerprint density at radius 3 is 2.61 bits per heavy atom. The first-order chi connectivity index (χ1) is 11.0. The molecule has 5 nitrogen and oxygen atoms in total. The number of thiazole rings is 1. The summed E-state index contributed by atoms with van der Waals surface area (Å²) >= 11 is 1.57. The number of nitrogens with one attached hydrogen (secondary N) is 1. The monoisotopic (exact) mass is 333 g/mol. The quantitative estimate of drug-likeness (QED) is 0.825. The van der Waals surface area contributed by atoms with E-state index in [1.807, 2.05) is 39.0 Å². The standard InChI is InChI=1S/C17H23N3O2S/c1-12-6-5-7-13(2)16(12)22-9-8-18-17(21)20(4)10-15-14(3)19-11-23-15/h5-7,11H,8-10H2,1-4H3,(H,18,21). The number of carbonyl (C=O) groups is 1. The van der Waals surface area contributed by atoms with Gasteiger partial charge in [-0.25, -0.2) is 9.78 Å². The minimum absolute atomic E-state index is 0.108. The number of rotatable bonds is 6. The Labute approximate surface area is 141 Å². The number of benzene rings is 1. The van der Waals surface area contributed by atoms with Gasteiger partial charge in [-0.2, -0.15) is 0 Å². The molecule has 2 amide bonds. The van der Waals surface area contributed by atoms with Gasteiger partial charge in [0.15, 0.2) is 0 Å². The molecule has 0 saturated carbocycles. The van der Waals surface area contributed by atoms with Gasteiger partial charge >= 0.3 is 6.03 Å². The zero-order valence-electron chi connectivity index (χ0n) is 14.0. The van der Waals surface area contributed by atoms with Crippen LogP contribution in [-0.2, 0) is 6.54 Å². The van der Waals surface area contributed by atoms with E-state index in [1.165, 1.54) is 0 Å². The maximum Gasteiger partial charge on any atom is 0.317 e. The third-order valence-corrected chi connectivity index (χ3v) is 4.53. The summed E-state index contributed by atoms with van der Waals surface area (Å²) in [5, 5.41) is 2.87. The molecule has 0 aliphatic rings. The lowest BCUT2D eigenvalue weighted by atomic mass is 10.1. The van der Waals surface area contributed by atoms with Gasteiger partial charge in [0.25, 0.3) is 0 Å². The Morgan fingerprint density at radius 2 is 2.00 bits per heavy atom. The van der Waals surface area contributed by atoms with Crippen LogP contribution < -0.4 is 10.1 Å². The van der Waals surface area contributed by atoms with Crippen LogP contribution >= 0.6 is 11.3 Å². The molecule has 0 saturated heterocycles. The van der Waals surface area contributed by atoms with Crippen molar-refractivity contribution in [1.29, 1.82) is 0 Å². The molecule has 2 aromatic rings. The molecule has 1 aromatic heterocycles. The van der Waals surface area contributed by atoms with Gasteiger partial charge in [0.05, 0.1) is 24.3 Å². The molecule has 0 bridgehead atoms. The largest absolute Gasteiger partial charge is 0.491 e. The molecule has 1 aromatic carbocycles. The molecule has 0 unspecified atom stereocenters. The van der Waals surface area contributed by atoms with Crippen molar-refractivity contribution in [1.82, 2.24) is 15.2 Å². The number of carbonyl (C=O) groups excluding carboxylic acids is 1. The van der Waals surface area contributed by atoms with Gasteiger partial charge in [0.1, 0.15) is 12.4 Å². The number of urea groups is 1. The van der Waals surface area contributed by atoms with Crippen LogP contribution in [0.3, 0.4) is 0 Å². The molecule has 0 atom stereocenters. The number of hydrogen-bond donors (Lipinski definition) is 1. The molecule has 1 heterocycles. The first-order valence-corrected chi connectivity index (χ1v) is 8.44. The number of aryl methyl sites for hydroxylation is 3. The van der Waals surface area contributed by atoms with E-state index < -0.39 is 0 Å². The van der Waals surface area contributed by atoms with Gasteiger partial charge in [-0.05, 0) is 31.9 Å². The fourth-order valence-electron chi connectivity index (χ4n) is 2.24. The number of nitrogens with zero attached hydrogens (tertiary/aromatic N) is 2. The summed E-state index contributed by atoms with van der Waals surface area (Å²) in [7, 11) is 1.78. The van der Waals surface area contributed by atoms with Crippen LogP contribution in [0.5, 0.6) is 5.75 Å². The Bertz CT molecular complexity index is 649. The van der Waals surface area contributed by atoms with Gasteiger partial charge in [0.2, 0.25) is 0 Å². The van der Waals surface area contributed by atoms with E-state index in [0.717, 1.165) is 27.4 Å². The van der Waals surface area contributed by atoms with Crippen LogP contribution in [0.15, 0.2) is 23.7 Å². The molecule has 0 spiro atoms. The van der Waals surface area contributed by atoms with E-state index >= 15 is 0 Å². The van der Waals surface area contributed by atoms with Crippen molar-refractivity contribution in [2.24, 2.45) is 0 Å². The summed E-state index contributed by atoms with van der Waals surface area (Å²) in [6.45, 7) is 7.48. The highest BCUT2D eigenvalue weighted by Gasteiger charge is 2.11. The van der Waals surface area contributed by atoms with Crippen LogP contribution in [0, 0.1) is 20.8 Å². The van der Waals surface area contributed by atoms with E-state index in [9.17, 15) is 4.79 Å². The average molecular weight is 333 g/mol. The summed E-state index contributed by atoms with van der Waals surface area (Å²) in [6.07, 6.45) is 0. The lowest BCUT2D eigenvalue weighted by Gasteiger charge is -2.18. The Balaban J connectivity index is 1.75. The van der Waals surface area contributed by atoms with Crippen LogP contribution in [0.4, 0.5) is 4.79 Å². The lowest BCUT2D eigenvalue weighted by Crippen LogP contribution is -2.38. The second-order valence-corrected chi connectivity index (χ2v) is 6.46. The molecule has 1 N–H and O–H groups in total. The SMILES string of the molecule is Cc1cccc(C)c1OCCNC(=O)N(C)Cc1scnc1C. The van der Waals surface area contributed by atoms with Gasteiger partial charge in [-0.1, -0.05) is 18.2 Å². The van der Waals surface area contributed by atoms with Crippen LogP contribution in [0.2, 0.25) is 0 Å². The van der Waals surface area contributed by atoms with Crippen molar-refractivity contribution in [2.45, 2.75) is 27.3 Å². The Kier molecular flexibility index (Phi) is 5.98. The minimum Gasteiger partial charge on any atom is -0.491 e. The summed E-state index contributed by atoms with van der Waals surface area (Å²) in [4.78, 5) is 19.0. The third kappa shape index (κ3) is 4.69. The number of hydrogen-bond acceptors (Lipinski definition) is 4. The molecule has 0 aliphatic carbocycles. The normalized spacial score (nSPS) is 10.4. The zero-order chi connectivity index (χ0) is 16.8. The van der Waals surface area contributed by atoms with Crippen molar-refractivity contribution in [3.8, 4) is 5.75 Å². The zero-order valence-corrected chi connectivity index (χ0v) is 14.9.